The van der Waals surface area contributed by atoms with Gasteiger partial charge in [0.2, 0.25) is 0 Å². The minimum atomic E-state index is -0.724. The zero-order valence-corrected chi connectivity index (χ0v) is 20.0. The molecular weight excluding hydrogens is 473 g/mol. The predicted molar refractivity (Wildman–Crippen MR) is 139 cm³/mol. The lowest BCUT2D eigenvalue weighted by molar-refractivity contribution is 0.434. The van der Waals surface area contributed by atoms with Crippen LogP contribution in [0.3, 0.4) is 0 Å². The van der Waals surface area contributed by atoms with E-state index in [2.05, 4.69) is 20.3 Å². The smallest absolute Gasteiger partial charge is 0.282 e. The lowest BCUT2D eigenvalue weighted by atomic mass is 10.0. The molecule has 0 amide bonds. The molecule has 6 aromatic rings. The minimum Gasteiger partial charge on any atom is -0.504 e. The van der Waals surface area contributed by atoms with E-state index in [0.717, 1.165) is 5.56 Å². The van der Waals surface area contributed by atoms with Crippen LogP contribution in [0.1, 0.15) is 24.4 Å². The van der Waals surface area contributed by atoms with Crippen molar-refractivity contribution in [1.82, 2.24) is 29.1 Å². The maximum atomic E-state index is 14.1. The number of para-hydroxylation sites is 2. The van der Waals surface area contributed by atoms with Gasteiger partial charge in [-0.2, -0.15) is 5.10 Å². The zero-order valence-electron chi connectivity index (χ0n) is 20.0. The van der Waals surface area contributed by atoms with Crippen molar-refractivity contribution in [2.75, 3.05) is 5.32 Å². The van der Waals surface area contributed by atoms with Crippen molar-refractivity contribution < 1.29 is 9.50 Å². The molecule has 0 saturated carbocycles. The first-order valence-electron chi connectivity index (χ1n) is 11.7. The quantitative estimate of drug-likeness (QED) is 0.318. The zero-order chi connectivity index (χ0) is 25.7. The molecule has 9 nitrogen and oxygen atoms in total. The molecule has 37 heavy (non-hydrogen) atoms. The molecule has 0 fully saturated rings. The number of fused-ring (bicyclic) bond motifs is 2. The third-order valence-electron chi connectivity index (χ3n) is 6.42. The lowest BCUT2D eigenvalue weighted by Crippen LogP contribution is -2.29. The topological polar surface area (TPSA) is 113 Å². The Balaban J connectivity index is 1.51. The highest BCUT2D eigenvalue weighted by atomic mass is 19.1. The monoisotopic (exact) mass is 495 g/mol. The first-order valence-corrected chi connectivity index (χ1v) is 11.7. The number of benzene rings is 2. The van der Waals surface area contributed by atoms with E-state index in [1.54, 1.807) is 27.5 Å². The molecule has 0 aliphatic carbocycles. The number of halogens is 1. The van der Waals surface area contributed by atoms with Crippen LogP contribution in [0.2, 0.25) is 0 Å². The Morgan fingerprint density at radius 2 is 1.86 bits per heavy atom. The number of nitrogens with one attached hydrogen (secondary N) is 2. The molecule has 0 bridgehead atoms. The van der Waals surface area contributed by atoms with Crippen LogP contribution in [0.5, 0.6) is 5.75 Å². The molecule has 0 radical (unpaired) electrons. The van der Waals surface area contributed by atoms with Crippen LogP contribution in [0.25, 0.3) is 33.4 Å². The highest BCUT2D eigenvalue weighted by Gasteiger charge is 2.22. The molecule has 4 heterocycles. The second-order valence-electron chi connectivity index (χ2n) is 8.78. The van der Waals surface area contributed by atoms with Gasteiger partial charge in [-0.1, -0.05) is 30.3 Å². The molecule has 2 aromatic carbocycles. The van der Waals surface area contributed by atoms with E-state index in [1.165, 1.54) is 18.5 Å². The maximum absolute atomic E-state index is 14.1. The Kier molecular flexibility index (Phi) is 5.22. The van der Waals surface area contributed by atoms with E-state index < -0.39 is 17.6 Å². The molecule has 0 saturated heterocycles. The van der Waals surface area contributed by atoms with E-state index in [4.69, 9.17) is 5.10 Å². The summed E-state index contributed by atoms with van der Waals surface area (Å²) in [6, 6.07) is 15.0. The van der Waals surface area contributed by atoms with Gasteiger partial charge in [0.05, 0.1) is 17.1 Å². The fourth-order valence-electron chi connectivity index (χ4n) is 4.63. The van der Waals surface area contributed by atoms with Gasteiger partial charge in [0.15, 0.2) is 17.4 Å². The number of phenols is 1. The first kappa shape index (κ1) is 22.5. The van der Waals surface area contributed by atoms with Crippen LogP contribution < -0.4 is 10.9 Å². The summed E-state index contributed by atoms with van der Waals surface area (Å²) in [5.41, 5.74) is 3.18. The Morgan fingerprint density at radius 1 is 1.05 bits per heavy atom. The van der Waals surface area contributed by atoms with Crippen LogP contribution in [-0.4, -0.2) is 34.2 Å². The molecule has 1 atom stereocenters. The van der Waals surface area contributed by atoms with Crippen molar-refractivity contribution in [3.8, 4) is 22.6 Å². The summed E-state index contributed by atoms with van der Waals surface area (Å²) in [4.78, 5) is 25.4. The van der Waals surface area contributed by atoms with Gasteiger partial charge in [0.1, 0.15) is 23.3 Å². The van der Waals surface area contributed by atoms with Crippen molar-refractivity contribution in [2.24, 2.45) is 0 Å². The van der Waals surface area contributed by atoms with E-state index in [9.17, 15) is 14.3 Å². The number of hydrogen-bond donors (Lipinski definition) is 3. The van der Waals surface area contributed by atoms with E-state index >= 15 is 0 Å². The molecular formula is C27H22FN7O2. The molecule has 6 rings (SSSR count). The maximum Gasteiger partial charge on any atom is 0.282 e. The molecule has 0 aliphatic rings. The van der Waals surface area contributed by atoms with Gasteiger partial charge < -0.3 is 15.4 Å². The average molecular weight is 496 g/mol. The molecule has 0 unspecified atom stereocenters. The molecule has 3 N–H and O–H groups in total. The molecule has 0 spiro atoms. The summed E-state index contributed by atoms with van der Waals surface area (Å²) in [5.74, 6) is -0.274. The third-order valence-corrected chi connectivity index (χ3v) is 6.42. The van der Waals surface area contributed by atoms with Crippen molar-refractivity contribution in [2.45, 2.75) is 19.9 Å². The minimum absolute atomic E-state index is 0.188. The Morgan fingerprint density at radius 3 is 2.68 bits per heavy atom. The van der Waals surface area contributed by atoms with Gasteiger partial charge in [-0.05, 0) is 43.7 Å². The number of rotatable bonds is 5. The van der Waals surface area contributed by atoms with Gasteiger partial charge in [0, 0.05) is 23.5 Å². The van der Waals surface area contributed by atoms with Crippen LogP contribution in [-0.2, 0) is 0 Å². The number of nitrogens with zero attached hydrogens (tertiary/aromatic N) is 5. The summed E-state index contributed by atoms with van der Waals surface area (Å²) >= 11 is 0. The SMILES string of the molecule is Cc1ccn2nc([C@H](C)Nc3ncnc4[nH]cc(-c5cccc(F)c5O)c34)n(-c3ccccc3)c(=O)c12. The number of aryl methyl sites for hydroxylation is 1. The van der Waals surface area contributed by atoms with Crippen molar-refractivity contribution in [1.29, 1.82) is 0 Å². The van der Waals surface area contributed by atoms with Gasteiger partial charge >= 0.3 is 0 Å². The summed E-state index contributed by atoms with van der Waals surface area (Å²) < 4.78 is 17.3. The largest absolute Gasteiger partial charge is 0.504 e. The van der Waals surface area contributed by atoms with Gasteiger partial charge in [-0.3, -0.25) is 9.36 Å². The summed E-state index contributed by atoms with van der Waals surface area (Å²) in [5, 5.41) is 19.1. The van der Waals surface area contributed by atoms with Crippen molar-refractivity contribution in [3.05, 3.63) is 101 Å². The third kappa shape index (κ3) is 3.61. The number of hydrogen-bond acceptors (Lipinski definition) is 6. The van der Waals surface area contributed by atoms with Gasteiger partial charge in [-0.25, -0.2) is 18.9 Å². The number of H-pyrrole nitrogens is 1. The number of aromatic hydroxyl groups is 1. The molecule has 0 aliphatic heterocycles. The number of phenolic OH excluding ortho intramolecular Hbond substituents is 1. The van der Waals surface area contributed by atoms with Crippen LogP contribution in [0.15, 0.2) is 78.1 Å². The highest BCUT2D eigenvalue weighted by Crippen LogP contribution is 2.38. The van der Waals surface area contributed by atoms with Crippen LogP contribution in [0, 0.1) is 12.7 Å². The first-order chi connectivity index (χ1) is 17.9. The second-order valence-corrected chi connectivity index (χ2v) is 8.78. The second kappa shape index (κ2) is 8.59. The average Bonchev–Trinajstić information content (AvgIpc) is 3.50. The Hall–Kier alpha value is -4.99. The number of aromatic amines is 1. The van der Waals surface area contributed by atoms with Crippen LogP contribution >= 0.6 is 0 Å². The summed E-state index contributed by atoms with van der Waals surface area (Å²) in [6.45, 7) is 3.76. The Bertz CT molecular complexity index is 1840. The highest BCUT2D eigenvalue weighted by molar-refractivity contribution is 6.02. The van der Waals surface area contributed by atoms with Gasteiger partial charge in [-0.15, -0.1) is 0 Å². The number of anilines is 1. The Labute approximate surface area is 209 Å². The van der Waals surface area contributed by atoms with E-state index in [-0.39, 0.29) is 5.56 Å². The molecule has 10 heteroatoms. The predicted octanol–water partition coefficient (Wildman–Crippen LogP) is 4.75. The van der Waals surface area contributed by atoms with Crippen molar-refractivity contribution >= 4 is 22.4 Å². The number of aromatic nitrogens is 6. The molecule has 184 valence electrons. The fraction of sp³-hybridized carbons (Fsp3) is 0.111. The van der Waals surface area contributed by atoms with E-state index in [0.29, 0.717) is 45.0 Å². The summed E-state index contributed by atoms with van der Waals surface area (Å²) in [7, 11) is 0. The molecule has 4 aromatic heterocycles. The fourth-order valence-corrected chi connectivity index (χ4v) is 4.63. The van der Waals surface area contributed by atoms with Gasteiger partial charge in [0.25, 0.3) is 5.56 Å². The normalized spacial score (nSPS) is 12.3. The lowest BCUT2D eigenvalue weighted by Gasteiger charge is -2.20. The summed E-state index contributed by atoms with van der Waals surface area (Å²) in [6.07, 6.45) is 4.81. The van der Waals surface area contributed by atoms with Crippen LogP contribution in [0.4, 0.5) is 10.2 Å². The standard InChI is InChI=1S/C27H22FN7O2/c1-15-11-12-34-22(15)27(37)35(17-7-4-3-5-8-17)26(33-34)16(2)32-25-21-19(13-29-24(21)30-14-31-25)18-9-6-10-20(28)23(18)36/h3-14,16,36H,1-2H3,(H2,29,30,31,32)/t16-/m0/s1. The van der Waals surface area contributed by atoms with Crippen molar-refractivity contribution in [3.63, 3.8) is 0 Å². The van der Waals surface area contributed by atoms with E-state index in [1.807, 2.05) is 50.2 Å².